The Bertz CT molecular complexity index is 391. The molecule has 0 bridgehead atoms. The van der Waals surface area contributed by atoms with Crippen molar-refractivity contribution >= 4 is 29.2 Å². The van der Waals surface area contributed by atoms with Gasteiger partial charge >= 0.3 is 0 Å². The van der Waals surface area contributed by atoms with Gasteiger partial charge in [0, 0.05) is 16.9 Å². The zero-order valence-electron chi connectivity index (χ0n) is 10.3. The molecule has 17 heavy (non-hydrogen) atoms. The maximum absolute atomic E-state index is 5.98. The van der Waals surface area contributed by atoms with Gasteiger partial charge in [0.2, 0.25) is 0 Å². The first-order valence-corrected chi connectivity index (χ1v) is 7.53. The molecule has 0 unspecified atom stereocenters. The van der Waals surface area contributed by atoms with Crippen molar-refractivity contribution in [1.29, 1.82) is 0 Å². The number of rotatable bonds is 4. The van der Waals surface area contributed by atoms with Crippen LogP contribution in [0.5, 0.6) is 0 Å². The average molecular weight is 272 g/mol. The fraction of sp³-hybridized carbons (Fsp3) is 0.667. The molecule has 1 aliphatic rings. The molecule has 1 aliphatic carbocycles. The van der Waals surface area contributed by atoms with E-state index in [4.69, 9.17) is 11.6 Å². The quantitative estimate of drug-likeness (QED) is 0.851. The van der Waals surface area contributed by atoms with Crippen molar-refractivity contribution in [2.75, 3.05) is 18.1 Å². The van der Waals surface area contributed by atoms with E-state index in [0.29, 0.717) is 9.90 Å². The second kappa shape index (κ2) is 5.44. The molecule has 1 fully saturated rings. The minimum Gasteiger partial charge on any atom is -0.368 e. The first kappa shape index (κ1) is 13.0. The summed E-state index contributed by atoms with van der Waals surface area (Å²) in [6.45, 7) is 2.91. The second-order valence-corrected chi connectivity index (χ2v) is 6.22. The molecule has 1 saturated carbocycles. The summed E-state index contributed by atoms with van der Waals surface area (Å²) in [7, 11) is 0. The van der Waals surface area contributed by atoms with Gasteiger partial charge in [-0.05, 0) is 26.0 Å². The number of nitrogens with one attached hydrogen (secondary N) is 1. The third kappa shape index (κ3) is 2.86. The van der Waals surface area contributed by atoms with Crippen molar-refractivity contribution in [3.63, 3.8) is 0 Å². The van der Waals surface area contributed by atoms with Crippen molar-refractivity contribution < 1.29 is 0 Å². The fourth-order valence-corrected chi connectivity index (χ4v) is 3.37. The van der Waals surface area contributed by atoms with E-state index in [1.807, 2.05) is 18.7 Å². The van der Waals surface area contributed by atoms with Gasteiger partial charge in [-0.2, -0.15) is 11.8 Å². The monoisotopic (exact) mass is 271 g/mol. The van der Waals surface area contributed by atoms with E-state index in [9.17, 15) is 0 Å². The van der Waals surface area contributed by atoms with E-state index in [1.54, 1.807) is 0 Å². The van der Waals surface area contributed by atoms with Gasteiger partial charge in [-0.15, -0.1) is 0 Å². The minimum atomic E-state index is 0.379. The molecule has 1 aromatic heterocycles. The molecule has 0 amide bonds. The first-order valence-electron chi connectivity index (χ1n) is 5.93. The van der Waals surface area contributed by atoms with Crippen LogP contribution in [0.25, 0.3) is 0 Å². The number of anilines is 1. The van der Waals surface area contributed by atoms with E-state index in [0.717, 1.165) is 17.9 Å². The van der Waals surface area contributed by atoms with Crippen molar-refractivity contribution in [2.24, 2.45) is 0 Å². The van der Waals surface area contributed by atoms with Crippen molar-refractivity contribution in [3.8, 4) is 0 Å². The summed E-state index contributed by atoms with van der Waals surface area (Å²) in [5.74, 6) is 0.866. The lowest BCUT2D eigenvalue weighted by atomic mass is 10.1. The molecular formula is C12H18ClN3S. The second-order valence-electron chi connectivity index (χ2n) is 4.59. The molecule has 94 valence electrons. The van der Waals surface area contributed by atoms with Crippen LogP contribution in [0.1, 0.15) is 31.2 Å². The highest BCUT2D eigenvalue weighted by molar-refractivity contribution is 8.00. The van der Waals surface area contributed by atoms with Gasteiger partial charge in [0.15, 0.2) is 0 Å². The third-order valence-electron chi connectivity index (χ3n) is 3.55. The Morgan fingerprint density at radius 2 is 2.12 bits per heavy atom. The van der Waals surface area contributed by atoms with Gasteiger partial charge in [-0.3, -0.25) is 0 Å². The van der Waals surface area contributed by atoms with Gasteiger partial charge in [-0.25, -0.2) is 9.97 Å². The largest absolute Gasteiger partial charge is 0.368 e. The van der Waals surface area contributed by atoms with Gasteiger partial charge in [0.05, 0.1) is 0 Å². The molecule has 2 rings (SSSR count). The molecule has 0 aliphatic heterocycles. The zero-order valence-corrected chi connectivity index (χ0v) is 11.9. The van der Waals surface area contributed by atoms with Crippen molar-refractivity contribution in [2.45, 2.75) is 37.4 Å². The highest BCUT2D eigenvalue weighted by Gasteiger charge is 2.32. The van der Waals surface area contributed by atoms with E-state index in [-0.39, 0.29) is 0 Å². The third-order valence-corrected chi connectivity index (χ3v) is 5.35. The Morgan fingerprint density at radius 3 is 2.76 bits per heavy atom. The van der Waals surface area contributed by atoms with Gasteiger partial charge in [-0.1, -0.05) is 24.4 Å². The van der Waals surface area contributed by atoms with Crippen molar-refractivity contribution in [1.82, 2.24) is 9.97 Å². The van der Waals surface area contributed by atoms with Gasteiger partial charge < -0.3 is 5.32 Å². The van der Waals surface area contributed by atoms with Gasteiger partial charge in [0.25, 0.3) is 0 Å². The standard InChI is InChI=1S/C12H18ClN3S/c1-9-10(13)15-8-16-11(9)14-7-12(17-2)5-3-4-6-12/h8H,3-7H2,1-2H3,(H,14,15,16). The molecule has 0 spiro atoms. The van der Waals surface area contributed by atoms with Crippen LogP contribution in [0.15, 0.2) is 6.33 Å². The molecule has 0 atom stereocenters. The topological polar surface area (TPSA) is 37.8 Å². The summed E-state index contributed by atoms with van der Waals surface area (Å²) in [5.41, 5.74) is 0.934. The van der Waals surface area contributed by atoms with Crippen LogP contribution in [-0.4, -0.2) is 27.5 Å². The van der Waals surface area contributed by atoms with Crippen LogP contribution >= 0.6 is 23.4 Å². The van der Waals surface area contributed by atoms with E-state index < -0.39 is 0 Å². The highest BCUT2D eigenvalue weighted by atomic mass is 35.5. The van der Waals surface area contributed by atoms with Crippen LogP contribution in [0.4, 0.5) is 5.82 Å². The van der Waals surface area contributed by atoms with E-state index in [2.05, 4.69) is 21.5 Å². The molecule has 0 aromatic carbocycles. The summed E-state index contributed by atoms with van der Waals surface area (Å²) < 4.78 is 0.379. The molecule has 1 N–H and O–H groups in total. The van der Waals surface area contributed by atoms with Crippen LogP contribution in [0.3, 0.4) is 0 Å². The SMILES string of the molecule is CSC1(CNc2ncnc(Cl)c2C)CCCC1. The number of hydrogen-bond donors (Lipinski definition) is 1. The molecule has 0 saturated heterocycles. The van der Waals surface area contributed by atoms with E-state index in [1.165, 1.54) is 32.0 Å². The Labute approximate surface area is 112 Å². The first-order chi connectivity index (χ1) is 8.17. The predicted molar refractivity (Wildman–Crippen MR) is 75.0 cm³/mol. The lowest BCUT2D eigenvalue weighted by molar-refractivity contribution is 0.638. The molecule has 5 heteroatoms. The Balaban J connectivity index is 2.04. The maximum Gasteiger partial charge on any atom is 0.137 e. The van der Waals surface area contributed by atoms with Crippen LogP contribution in [0.2, 0.25) is 5.15 Å². The number of halogens is 1. The Morgan fingerprint density at radius 1 is 1.41 bits per heavy atom. The normalized spacial score (nSPS) is 18.3. The van der Waals surface area contributed by atoms with Gasteiger partial charge in [0.1, 0.15) is 17.3 Å². The van der Waals surface area contributed by atoms with Crippen LogP contribution in [0, 0.1) is 6.92 Å². The summed E-state index contributed by atoms with van der Waals surface area (Å²) >= 11 is 7.95. The van der Waals surface area contributed by atoms with Crippen LogP contribution < -0.4 is 5.32 Å². The number of thioether (sulfide) groups is 1. The van der Waals surface area contributed by atoms with E-state index >= 15 is 0 Å². The molecule has 0 radical (unpaired) electrons. The lowest BCUT2D eigenvalue weighted by Crippen LogP contribution is -2.30. The summed E-state index contributed by atoms with van der Waals surface area (Å²) in [5, 5.41) is 3.97. The molecule has 3 nitrogen and oxygen atoms in total. The summed E-state index contributed by atoms with van der Waals surface area (Å²) in [6, 6.07) is 0. The molecule has 1 aromatic rings. The molecular weight excluding hydrogens is 254 g/mol. The number of aromatic nitrogens is 2. The maximum atomic E-state index is 5.98. The Hall–Kier alpha value is -0.480. The van der Waals surface area contributed by atoms with Crippen molar-refractivity contribution in [3.05, 3.63) is 17.0 Å². The lowest BCUT2D eigenvalue weighted by Gasteiger charge is -2.27. The van der Waals surface area contributed by atoms with Crippen LogP contribution in [-0.2, 0) is 0 Å². The Kier molecular flexibility index (Phi) is 4.15. The smallest absolute Gasteiger partial charge is 0.137 e. The predicted octanol–water partition coefficient (Wildman–Crippen LogP) is 3.53. The summed E-state index contributed by atoms with van der Waals surface area (Å²) in [4.78, 5) is 8.22. The zero-order chi connectivity index (χ0) is 12.3. The molecule has 1 heterocycles. The fourth-order valence-electron chi connectivity index (χ4n) is 2.32. The summed E-state index contributed by atoms with van der Waals surface area (Å²) in [6.07, 6.45) is 8.97. The average Bonchev–Trinajstić information content (AvgIpc) is 2.81. The number of hydrogen-bond acceptors (Lipinski definition) is 4. The highest BCUT2D eigenvalue weighted by Crippen LogP contribution is 2.40. The number of nitrogens with zero attached hydrogens (tertiary/aromatic N) is 2. The minimum absolute atomic E-state index is 0.379.